The van der Waals surface area contributed by atoms with Crippen molar-refractivity contribution in [2.75, 3.05) is 6.54 Å². The molecule has 0 aliphatic heterocycles. The lowest BCUT2D eigenvalue weighted by molar-refractivity contribution is -0.142. The summed E-state index contributed by atoms with van der Waals surface area (Å²) in [6, 6.07) is 20.1. The lowest BCUT2D eigenvalue weighted by atomic mass is 10.0. The lowest BCUT2D eigenvalue weighted by Gasteiger charge is -2.32. The molecule has 0 aliphatic carbocycles. The number of nitrogens with zero attached hydrogens (tertiary/aromatic N) is 4. The van der Waals surface area contributed by atoms with Gasteiger partial charge in [0.2, 0.25) is 11.8 Å². The number of carbonyl (C=O) groups is 2. The average Bonchev–Trinajstić information content (AvgIpc) is 3.28. The van der Waals surface area contributed by atoms with Crippen LogP contribution < -0.4 is 5.32 Å². The van der Waals surface area contributed by atoms with Crippen LogP contribution in [0.3, 0.4) is 0 Å². The van der Waals surface area contributed by atoms with Crippen molar-refractivity contribution < 1.29 is 14.0 Å². The van der Waals surface area contributed by atoms with E-state index >= 15 is 0 Å². The first kappa shape index (κ1) is 26.0. The van der Waals surface area contributed by atoms with Gasteiger partial charge in [0.05, 0.1) is 5.52 Å². The molecular formula is C29H32FN5O2. The van der Waals surface area contributed by atoms with Gasteiger partial charge in [-0.05, 0) is 54.7 Å². The Hall–Kier alpha value is -4.07. The van der Waals surface area contributed by atoms with E-state index in [0.29, 0.717) is 29.1 Å². The molecule has 1 heterocycles. The van der Waals surface area contributed by atoms with E-state index in [-0.39, 0.29) is 30.7 Å². The van der Waals surface area contributed by atoms with E-state index in [1.165, 1.54) is 16.8 Å². The fraction of sp³-hybridized carbons (Fsp3) is 0.310. The van der Waals surface area contributed by atoms with E-state index in [9.17, 15) is 14.0 Å². The van der Waals surface area contributed by atoms with Crippen LogP contribution in [-0.4, -0.2) is 38.3 Å². The number of aromatic nitrogens is 3. The van der Waals surface area contributed by atoms with Gasteiger partial charge >= 0.3 is 0 Å². The van der Waals surface area contributed by atoms with Crippen molar-refractivity contribution in [1.82, 2.24) is 25.2 Å². The molecule has 2 amide bonds. The third-order valence-electron chi connectivity index (χ3n) is 6.27. The molecule has 0 radical (unpaired) electrons. The molecule has 4 aromatic rings. The van der Waals surface area contributed by atoms with Crippen LogP contribution in [0, 0.1) is 18.7 Å². The second-order valence-corrected chi connectivity index (χ2v) is 9.67. The van der Waals surface area contributed by atoms with Gasteiger partial charge in [-0.1, -0.05) is 73.2 Å². The zero-order chi connectivity index (χ0) is 26.4. The number of amides is 2. The van der Waals surface area contributed by atoms with Crippen LogP contribution in [-0.2, 0) is 22.7 Å². The molecule has 8 heteroatoms. The Bertz CT molecular complexity index is 1350. The summed E-state index contributed by atoms with van der Waals surface area (Å²) in [6.45, 7) is 6.70. The van der Waals surface area contributed by atoms with Crippen molar-refractivity contribution in [3.8, 4) is 0 Å². The summed E-state index contributed by atoms with van der Waals surface area (Å²) in [5, 5.41) is 11.3. The van der Waals surface area contributed by atoms with Crippen LogP contribution in [0.1, 0.15) is 43.0 Å². The van der Waals surface area contributed by atoms with Crippen LogP contribution in [0.5, 0.6) is 0 Å². The highest BCUT2D eigenvalue weighted by Gasteiger charge is 2.32. The first-order valence-electron chi connectivity index (χ1n) is 12.5. The molecule has 0 fully saturated rings. The number of nitrogens with one attached hydrogen (secondary N) is 1. The SMILES string of the molecule is Cc1ccc(C(C(=O)NCCC(C)C)N(Cc2ccc(F)cc2)C(=O)Cn2nnc3ccccc32)cc1. The average molecular weight is 502 g/mol. The van der Waals surface area contributed by atoms with Gasteiger partial charge in [-0.2, -0.15) is 0 Å². The molecule has 1 atom stereocenters. The molecule has 1 N–H and O–H groups in total. The number of para-hydroxylation sites is 1. The minimum absolute atomic E-state index is 0.0939. The summed E-state index contributed by atoms with van der Waals surface area (Å²) in [7, 11) is 0. The first-order valence-corrected chi connectivity index (χ1v) is 12.5. The van der Waals surface area contributed by atoms with Gasteiger partial charge < -0.3 is 10.2 Å². The van der Waals surface area contributed by atoms with Crippen LogP contribution in [0.25, 0.3) is 11.0 Å². The Morgan fingerprint density at radius 1 is 1.00 bits per heavy atom. The Kier molecular flexibility index (Phi) is 8.28. The topological polar surface area (TPSA) is 80.1 Å². The first-order chi connectivity index (χ1) is 17.8. The van der Waals surface area contributed by atoms with Crippen molar-refractivity contribution in [2.24, 2.45) is 5.92 Å². The van der Waals surface area contributed by atoms with E-state index in [0.717, 1.165) is 17.5 Å². The van der Waals surface area contributed by atoms with Gasteiger partial charge in [-0.25, -0.2) is 9.07 Å². The maximum Gasteiger partial charge on any atom is 0.247 e. The molecule has 0 saturated carbocycles. The van der Waals surface area contributed by atoms with Crippen LogP contribution in [0.4, 0.5) is 4.39 Å². The predicted octanol–water partition coefficient (Wildman–Crippen LogP) is 4.81. The summed E-state index contributed by atoms with van der Waals surface area (Å²) in [5.41, 5.74) is 3.87. The summed E-state index contributed by atoms with van der Waals surface area (Å²) in [5.74, 6) is -0.499. The predicted molar refractivity (Wildman–Crippen MR) is 141 cm³/mol. The van der Waals surface area contributed by atoms with Crippen molar-refractivity contribution in [1.29, 1.82) is 0 Å². The molecule has 0 spiro atoms. The van der Waals surface area contributed by atoms with Gasteiger partial charge in [-0.15, -0.1) is 5.10 Å². The molecule has 192 valence electrons. The number of fused-ring (bicyclic) bond motifs is 1. The number of benzene rings is 3. The molecule has 4 rings (SSSR count). The molecule has 0 aliphatic rings. The zero-order valence-corrected chi connectivity index (χ0v) is 21.4. The standard InChI is InChI=1S/C29H32FN5O2/c1-20(2)16-17-31-29(37)28(23-12-8-21(3)9-13-23)34(18-22-10-14-24(30)15-11-22)27(36)19-35-26-7-5-4-6-25(26)32-33-35/h4-15,20,28H,16-19H2,1-3H3,(H,31,37). The Labute approximate surface area is 216 Å². The van der Waals surface area contributed by atoms with Gasteiger partial charge in [0.1, 0.15) is 23.9 Å². The largest absolute Gasteiger partial charge is 0.354 e. The minimum atomic E-state index is -0.875. The van der Waals surface area contributed by atoms with Crippen LogP contribution in [0.2, 0.25) is 0 Å². The number of hydrogen-bond donors (Lipinski definition) is 1. The summed E-state index contributed by atoms with van der Waals surface area (Å²) in [4.78, 5) is 29.0. The highest BCUT2D eigenvalue weighted by Crippen LogP contribution is 2.25. The quantitative estimate of drug-likeness (QED) is 0.338. The highest BCUT2D eigenvalue weighted by atomic mass is 19.1. The summed E-state index contributed by atoms with van der Waals surface area (Å²) < 4.78 is 15.2. The third-order valence-corrected chi connectivity index (χ3v) is 6.27. The molecule has 0 bridgehead atoms. The lowest BCUT2D eigenvalue weighted by Crippen LogP contribution is -2.45. The second-order valence-electron chi connectivity index (χ2n) is 9.67. The molecule has 3 aromatic carbocycles. The number of halogens is 1. The Balaban J connectivity index is 1.71. The number of hydrogen-bond acceptors (Lipinski definition) is 4. The zero-order valence-electron chi connectivity index (χ0n) is 21.4. The third kappa shape index (κ3) is 6.58. The van der Waals surface area contributed by atoms with Crippen molar-refractivity contribution in [3.05, 3.63) is 95.3 Å². The number of aryl methyl sites for hydroxylation is 1. The monoisotopic (exact) mass is 501 g/mol. The maximum atomic E-state index is 13.9. The second kappa shape index (κ2) is 11.8. The van der Waals surface area contributed by atoms with Gasteiger partial charge in [-0.3, -0.25) is 9.59 Å². The van der Waals surface area contributed by atoms with Gasteiger partial charge in [0.25, 0.3) is 0 Å². The molecule has 1 aromatic heterocycles. The van der Waals surface area contributed by atoms with Gasteiger partial charge in [0, 0.05) is 13.1 Å². The summed E-state index contributed by atoms with van der Waals surface area (Å²) in [6.07, 6.45) is 0.823. The molecule has 37 heavy (non-hydrogen) atoms. The van der Waals surface area contributed by atoms with Crippen molar-refractivity contribution >= 4 is 22.8 Å². The highest BCUT2D eigenvalue weighted by molar-refractivity contribution is 5.89. The Morgan fingerprint density at radius 3 is 2.41 bits per heavy atom. The van der Waals surface area contributed by atoms with Crippen LogP contribution in [0.15, 0.2) is 72.8 Å². The fourth-order valence-electron chi connectivity index (χ4n) is 4.17. The van der Waals surface area contributed by atoms with Crippen molar-refractivity contribution in [3.63, 3.8) is 0 Å². The van der Waals surface area contributed by atoms with Gasteiger partial charge in [0.15, 0.2) is 0 Å². The number of carbonyl (C=O) groups excluding carboxylic acids is 2. The van der Waals surface area contributed by atoms with Crippen LogP contribution >= 0.6 is 0 Å². The molecule has 7 nitrogen and oxygen atoms in total. The van der Waals surface area contributed by atoms with Crippen molar-refractivity contribution in [2.45, 2.75) is 46.3 Å². The van der Waals surface area contributed by atoms with E-state index in [2.05, 4.69) is 29.5 Å². The number of rotatable bonds is 10. The smallest absolute Gasteiger partial charge is 0.247 e. The van der Waals surface area contributed by atoms with E-state index < -0.39 is 6.04 Å². The molecular weight excluding hydrogens is 469 g/mol. The molecule has 0 saturated heterocycles. The Morgan fingerprint density at radius 2 is 1.70 bits per heavy atom. The summed E-state index contributed by atoms with van der Waals surface area (Å²) >= 11 is 0. The fourth-order valence-corrected chi connectivity index (χ4v) is 4.17. The maximum absolute atomic E-state index is 13.9. The normalized spacial score (nSPS) is 12.0. The van der Waals surface area contributed by atoms with E-state index in [1.807, 2.05) is 55.5 Å². The minimum Gasteiger partial charge on any atom is -0.354 e. The molecule has 1 unspecified atom stereocenters. The van der Waals surface area contributed by atoms with E-state index in [1.54, 1.807) is 17.0 Å². The van der Waals surface area contributed by atoms with E-state index in [4.69, 9.17) is 0 Å².